The number of benzene rings is 1. The largest absolute Gasteiger partial charge is 0.380 e. The van der Waals surface area contributed by atoms with Gasteiger partial charge in [0.1, 0.15) is 5.82 Å². The van der Waals surface area contributed by atoms with Crippen LogP contribution in [0.25, 0.3) is 0 Å². The number of rotatable bonds is 5. The Morgan fingerprint density at radius 1 is 1.44 bits per heavy atom. The molecule has 1 aromatic carbocycles. The lowest BCUT2D eigenvalue weighted by Gasteiger charge is -2.07. The molecule has 0 fully saturated rings. The second-order valence-corrected chi connectivity index (χ2v) is 5.25. The molecule has 0 unspecified atom stereocenters. The summed E-state index contributed by atoms with van der Waals surface area (Å²) in [4.78, 5) is 0. The lowest BCUT2D eigenvalue weighted by atomic mass is 10.3. The molecule has 3 nitrogen and oxygen atoms in total. The summed E-state index contributed by atoms with van der Waals surface area (Å²) in [6.07, 6.45) is 4.97. The number of aromatic nitrogens is 2. The first-order chi connectivity index (χ1) is 8.69. The van der Waals surface area contributed by atoms with Crippen LogP contribution in [0.15, 0.2) is 30.6 Å². The predicted octanol–water partition coefficient (Wildman–Crippen LogP) is 3.65. The van der Waals surface area contributed by atoms with E-state index < -0.39 is 0 Å². The first-order valence-corrected chi connectivity index (χ1v) is 6.97. The van der Waals surface area contributed by atoms with E-state index in [0.717, 1.165) is 27.8 Å². The van der Waals surface area contributed by atoms with Gasteiger partial charge in [-0.2, -0.15) is 5.10 Å². The Morgan fingerprint density at radius 2 is 2.28 bits per heavy atom. The van der Waals surface area contributed by atoms with E-state index in [9.17, 15) is 4.39 Å². The molecule has 1 heterocycles. The van der Waals surface area contributed by atoms with E-state index in [0.29, 0.717) is 6.54 Å². The van der Waals surface area contributed by atoms with Crippen molar-refractivity contribution in [1.82, 2.24) is 9.78 Å². The molecule has 18 heavy (non-hydrogen) atoms. The average Bonchev–Trinajstić information content (AvgIpc) is 2.76. The summed E-state index contributed by atoms with van der Waals surface area (Å²) < 4.78 is 15.8. The molecule has 2 aromatic rings. The smallest absolute Gasteiger partial charge is 0.124 e. The summed E-state index contributed by atoms with van der Waals surface area (Å²) in [5.74, 6) is -0.208. The van der Waals surface area contributed by atoms with Crippen LogP contribution in [-0.2, 0) is 13.1 Å². The van der Waals surface area contributed by atoms with Gasteiger partial charge in [0.15, 0.2) is 0 Å². The second-order valence-electron chi connectivity index (χ2n) is 4.09. The summed E-state index contributed by atoms with van der Waals surface area (Å²) in [5.41, 5.74) is 2.07. The standard InChI is InChI=1S/C13H15FIN3/c1-2-5-18-9-10(8-17-18)7-16-13-4-3-11(14)6-12(13)15/h3-4,6,8-9,16H,2,5,7H2,1H3. The van der Waals surface area contributed by atoms with Gasteiger partial charge in [-0.25, -0.2) is 4.39 Å². The van der Waals surface area contributed by atoms with Crippen molar-refractivity contribution >= 4 is 28.3 Å². The van der Waals surface area contributed by atoms with Crippen molar-refractivity contribution in [3.8, 4) is 0 Å². The van der Waals surface area contributed by atoms with Gasteiger partial charge in [-0.05, 0) is 47.2 Å². The maximum atomic E-state index is 13.0. The van der Waals surface area contributed by atoms with Crippen LogP contribution in [0.3, 0.4) is 0 Å². The minimum Gasteiger partial charge on any atom is -0.380 e. The Kier molecular flexibility index (Phi) is 4.57. The Balaban J connectivity index is 1.97. The SMILES string of the molecule is CCCn1cc(CNc2ccc(F)cc2I)cn1. The molecule has 0 spiro atoms. The zero-order valence-corrected chi connectivity index (χ0v) is 12.3. The molecule has 0 bridgehead atoms. The van der Waals surface area contributed by atoms with Crippen LogP contribution in [0, 0.1) is 9.39 Å². The molecular weight excluding hydrogens is 344 g/mol. The predicted molar refractivity (Wildman–Crippen MR) is 79.0 cm³/mol. The van der Waals surface area contributed by atoms with Crippen molar-refractivity contribution in [3.63, 3.8) is 0 Å². The molecular formula is C13H15FIN3. The van der Waals surface area contributed by atoms with Crippen LogP contribution in [0.2, 0.25) is 0 Å². The third kappa shape index (κ3) is 3.44. The zero-order chi connectivity index (χ0) is 13.0. The second kappa shape index (κ2) is 6.17. The molecule has 0 saturated carbocycles. The van der Waals surface area contributed by atoms with Crippen molar-refractivity contribution in [2.24, 2.45) is 0 Å². The third-order valence-electron chi connectivity index (χ3n) is 2.55. The monoisotopic (exact) mass is 359 g/mol. The van der Waals surface area contributed by atoms with Crippen molar-refractivity contribution in [2.45, 2.75) is 26.4 Å². The first kappa shape index (κ1) is 13.3. The van der Waals surface area contributed by atoms with E-state index in [1.165, 1.54) is 12.1 Å². The average molecular weight is 359 g/mol. The highest BCUT2D eigenvalue weighted by molar-refractivity contribution is 14.1. The number of anilines is 1. The highest BCUT2D eigenvalue weighted by Crippen LogP contribution is 2.19. The summed E-state index contributed by atoms with van der Waals surface area (Å²) in [7, 11) is 0. The Labute approximate surface area is 120 Å². The molecule has 0 radical (unpaired) electrons. The molecule has 96 valence electrons. The van der Waals surface area contributed by atoms with Crippen LogP contribution in [0.5, 0.6) is 0 Å². The van der Waals surface area contributed by atoms with Crippen LogP contribution >= 0.6 is 22.6 Å². The van der Waals surface area contributed by atoms with E-state index in [1.54, 1.807) is 6.07 Å². The summed E-state index contributed by atoms with van der Waals surface area (Å²) >= 11 is 2.12. The summed E-state index contributed by atoms with van der Waals surface area (Å²) in [5, 5.41) is 7.55. The molecule has 0 aliphatic carbocycles. The molecule has 0 aliphatic heterocycles. The fourth-order valence-electron chi connectivity index (χ4n) is 1.68. The molecule has 0 amide bonds. The number of hydrogen-bond acceptors (Lipinski definition) is 2. The third-order valence-corrected chi connectivity index (χ3v) is 3.45. The zero-order valence-electron chi connectivity index (χ0n) is 10.2. The summed E-state index contributed by atoms with van der Waals surface area (Å²) in [6, 6.07) is 4.74. The lowest BCUT2D eigenvalue weighted by molar-refractivity contribution is 0.602. The molecule has 0 atom stereocenters. The van der Waals surface area contributed by atoms with Crippen molar-refractivity contribution < 1.29 is 4.39 Å². The summed E-state index contributed by atoms with van der Waals surface area (Å²) in [6.45, 7) is 3.76. The molecule has 5 heteroatoms. The van der Waals surface area contributed by atoms with Crippen LogP contribution in [-0.4, -0.2) is 9.78 Å². The highest BCUT2D eigenvalue weighted by Gasteiger charge is 2.02. The molecule has 1 N–H and O–H groups in total. The minimum atomic E-state index is -0.208. The Bertz CT molecular complexity index is 525. The fraction of sp³-hybridized carbons (Fsp3) is 0.308. The molecule has 0 saturated heterocycles. The van der Waals surface area contributed by atoms with Crippen LogP contribution < -0.4 is 5.32 Å². The number of halogens is 2. The Morgan fingerprint density at radius 3 is 3.00 bits per heavy atom. The van der Waals surface area contributed by atoms with Gasteiger partial charge >= 0.3 is 0 Å². The molecule has 2 rings (SSSR count). The Hall–Kier alpha value is -1.11. The van der Waals surface area contributed by atoms with Gasteiger partial charge in [0.2, 0.25) is 0 Å². The maximum absolute atomic E-state index is 13.0. The number of aryl methyl sites for hydroxylation is 1. The quantitative estimate of drug-likeness (QED) is 0.826. The number of nitrogens with zero attached hydrogens (tertiary/aromatic N) is 2. The normalized spacial score (nSPS) is 10.6. The van der Waals surface area contributed by atoms with E-state index >= 15 is 0 Å². The van der Waals surface area contributed by atoms with E-state index in [-0.39, 0.29) is 5.82 Å². The highest BCUT2D eigenvalue weighted by atomic mass is 127. The van der Waals surface area contributed by atoms with E-state index in [2.05, 4.69) is 39.9 Å². The fourth-order valence-corrected chi connectivity index (χ4v) is 2.35. The first-order valence-electron chi connectivity index (χ1n) is 5.89. The van der Waals surface area contributed by atoms with Gasteiger partial charge in [-0.3, -0.25) is 4.68 Å². The van der Waals surface area contributed by atoms with Gasteiger partial charge < -0.3 is 5.32 Å². The number of hydrogen-bond donors (Lipinski definition) is 1. The van der Waals surface area contributed by atoms with Gasteiger partial charge in [-0.1, -0.05) is 6.92 Å². The van der Waals surface area contributed by atoms with Crippen molar-refractivity contribution in [2.75, 3.05) is 5.32 Å². The van der Waals surface area contributed by atoms with Crippen molar-refractivity contribution in [1.29, 1.82) is 0 Å². The maximum Gasteiger partial charge on any atom is 0.124 e. The topological polar surface area (TPSA) is 29.9 Å². The van der Waals surface area contributed by atoms with Crippen LogP contribution in [0.4, 0.5) is 10.1 Å². The minimum absolute atomic E-state index is 0.208. The lowest BCUT2D eigenvalue weighted by Crippen LogP contribution is -2.01. The molecule has 1 aromatic heterocycles. The van der Waals surface area contributed by atoms with Gasteiger partial charge in [0.05, 0.1) is 6.20 Å². The van der Waals surface area contributed by atoms with Crippen molar-refractivity contribution in [3.05, 3.63) is 45.5 Å². The van der Waals surface area contributed by atoms with E-state index in [4.69, 9.17) is 0 Å². The van der Waals surface area contributed by atoms with Gasteiger partial charge in [-0.15, -0.1) is 0 Å². The van der Waals surface area contributed by atoms with Gasteiger partial charge in [0, 0.05) is 34.1 Å². The molecule has 0 aliphatic rings. The van der Waals surface area contributed by atoms with Crippen LogP contribution in [0.1, 0.15) is 18.9 Å². The van der Waals surface area contributed by atoms with E-state index in [1.807, 2.05) is 17.1 Å². The number of nitrogens with one attached hydrogen (secondary N) is 1. The van der Waals surface area contributed by atoms with Gasteiger partial charge in [0.25, 0.3) is 0 Å².